The summed E-state index contributed by atoms with van der Waals surface area (Å²) in [5.41, 5.74) is 0. The summed E-state index contributed by atoms with van der Waals surface area (Å²) in [6.07, 6.45) is 6.67. The molecule has 0 fully saturated rings. The van der Waals surface area contributed by atoms with Crippen LogP contribution in [0.5, 0.6) is 0 Å². The molecular formula is C11H26N2. The van der Waals surface area contributed by atoms with E-state index < -0.39 is 0 Å². The van der Waals surface area contributed by atoms with Crippen molar-refractivity contribution in [1.82, 2.24) is 10.2 Å². The van der Waals surface area contributed by atoms with E-state index in [1.54, 1.807) is 0 Å². The highest BCUT2D eigenvalue weighted by Gasteiger charge is 2.05. The maximum Gasteiger partial charge on any atom is 0.00762 e. The number of hydrogen-bond donors (Lipinski definition) is 1. The lowest BCUT2D eigenvalue weighted by atomic mass is 10.1. The molecule has 80 valence electrons. The average molecular weight is 186 g/mol. The minimum Gasteiger partial charge on any atom is -0.317 e. The van der Waals surface area contributed by atoms with Gasteiger partial charge in [-0.2, -0.15) is 0 Å². The van der Waals surface area contributed by atoms with Crippen molar-refractivity contribution in [3.05, 3.63) is 0 Å². The highest BCUT2D eigenvalue weighted by atomic mass is 15.1. The van der Waals surface area contributed by atoms with E-state index in [1.807, 2.05) is 0 Å². The molecule has 1 unspecified atom stereocenters. The van der Waals surface area contributed by atoms with Crippen LogP contribution in [0.1, 0.15) is 39.0 Å². The van der Waals surface area contributed by atoms with Crippen molar-refractivity contribution in [2.75, 3.05) is 27.7 Å². The molecule has 13 heavy (non-hydrogen) atoms. The maximum atomic E-state index is 3.39. The molecule has 0 bridgehead atoms. The second-order valence-electron chi connectivity index (χ2n) is 4.07. The minimum atomic E-state index is 0.717. The molecule has 0 radical (unpaired) electrons. The third-order valence-corrected chi connectivity index (χ3v) is 2.49. The molecule has 0 aromatic rings. The van der Waals surface area contributed by atoms with E-state index in [4.69, 9.17) is 0 Å². The molecular weight excluding hydrogens is 160 g/mol. The topological polar surface area (TPSA) is 15.3 Å². The van der Waals surface area contributed by atoms with Crippen molar-refractivity contribution in [2.45, 2.75) is 45.1 Å². The van der Waals surface area contributed by atoms with Gasteiger partial charge in [0.05, 0.1) is 0 Å². The SMILES string of the molecule is CCCCCC(CCN(C)C)NC. The molecule has 0 rings (SSSR count). The third-order valence-electron chi connectivity index (χ3n) is 2.49. The number of nitrogens with one attached hydrogen (secondary N) is 1. The first-order chi connectivity index (χ1) is 6.20. The second-order valence-corrected chi connectivity index (χ2v) is 4.07. The van der Waals surface area contributed by atoms with Gasteiger partial charge in [-0.3, -0.25) is 0 Å². The summed E-state index contributed by atoms with van der Waals surface area (Å²) in [6, 6.07) is 0.717. The van der Waals surface area contributed by atoms with Gasteiger partial charge in [-0.1, -0.05) is 26.2 Å². The van der Waals surface area contributed by atoms with Crippen molar-refractivity contribution in [1.29, 1.82) is 0 Å². The molecule has 0 aliphatic rings. The van der Waals surface area contributed by atoms with E-state index >= 15 is 0 Å². The Labute approximate surface area is 83.7 Å². The first kappa shape index (κ1) is 12.9. The van der Waals surface area contributed by atoms with Gasteiger partial charge in [0.15, 0.2) is 0 Å². The predicted molar refractivity (Wildman–Crippen MR) is 60.2 cm³/mol. The number of hydrogen-bond acceptors (Lipinski definition) is 2. The zero-order valence-corrected chi connectivity index (χ0v) is 9.77. The van der Waals surface area contributed by atoms with Crippen LogP contribution in [-0.2, 0) is 0 Å². The molecule has 1 N–H and O–H groups in total. The van der Waals surface area contributed by atoms with Gasteiger partial charge in [0.25, 0.3) is 0 Å². The van der Waals surface area contributed by atoms with Gasteiger partial charge in [0.2, 0.25) is 0 Å². The standard InChI is InChI=1S/C11H26N2/c1-5-6-7-8-11(12-2)9-10-13(3)4/h11-12H,5-10H2,1-4H3. The normalized spacial score (nSPS) is 13.6. The Hall–Kier alpha value is -0.0800. The molecule has 0 saturated heterocycles. The van der Waals surface area contributed by atoms with Crippen molar-refractivity contribution in [3.63, 3.8) is 0 Å². The molecule has 0 saturated carbocycles. The van der Waals surface area contributed by atoms with E-state index in [0.29, 0.717) is 6.04 Å². The summed E-state index contributed by atoms with van der Waals surface area (Å²) in [5, 5.41) is 3.39. The van der Waals surface area contributed by atoms with Crippen LogP contribution < -0.4 is 5.32 Å². The largest absolute Gasteiger partial charge is 0.317 e. The molecule has 1 atom stereocenters. The summed E-state index contributed by atoms with van der Waals surface area (Å²) in [6.45, 7) is 3.45. The fraction of sp³-hybridized carbons (Fsp3) is 1.00. The van der Waals surface area contributed by atoms with Gasteiger partial charge in [0, 0.05) is 6.04 Å². The van der Waals surface area contributed by atoms with E-state index in [0.717, 1.165) is 0 Å². The van der Waals surface area contributed by atoms with E-state index in [2.05, 4.69) is 38.3 Å². The van der Waals surface area contributed by atoms with Gasteiger partial charge in [-0.15, -0.1) is 0 Å². The van der Waals surface area contributed by atoms with Crippen LogP contribution in [0.15, 0.2) is 0 Å². The molecule has 2 heteroatoms. The Morgan fingerprint density at radius 1 is 1.15 bits per heavy atom. The highest BCUT2D eigenvalue weighted by Crippen LogP contribution is 2.06. The third kappa shape index (κ3) is 8.26. The smallest absolute Gasteiger partial charge is 0.00762 e. The fourth-order valence-corrected chi connectivity index (χ4v) is 1.49. The number of rotatable bonds is 8. The van der Waals surface area contributed by atoms with Gasteiger partial charge in [0.1, 0.15) is 0 Å². The van der Waals surface area contributed by atoms with Gasteiger partial charge in [-0.05, 0) is 40.5 Å². The lowest BCUT2D eigenvalue weighted by Gasteiger charge is -2.18. The van der Waals surface area contributed by atoms with E-state index in [-0.39, 0.29) is 0 Å². The number of nitrogens with zero attached hydrogens (tertiary/aromatic N) is 1. The molecule has 0 spiro atoms. The Kier molecular flexibility index (Phi) is 8.46. The zero-order chi connectivity index (χ0) is 10.1. The van der Waals surface area contributed by atoms with E-state index in [1.165, 1.54) is 38.6 Å². The second kappa shape index (κ2) is 8.52. The summed E-state index contributed by atoms with van der Waals surface area (Å²) >= 11 is 0. The van der Waals surface area contributed by atoms with Gasteiger partial charge < -0.3 is 10.2 Å². The first-order valence-corrected chi connectivity index (χ1v) is 5.52. The van der Waals surface area contributed by atoms with Crippen molar-refractivity contribution in [3.8, 4) is 0 Å². The van der Waals surface area contributed by atoms with Gasteiger partial charge >= 0.3 is 0 Å². The monoisotopic (exact) mass is 186 g/mol. The number of unbranched alkanes of at least 4 members (excludes halogenated alkanes) is 2. The average Bonchev–Trinajstić information content (AvgIpc) is 2.10. The first-order valence-electron chi connectivity index (χ1n) is 5.52. The zero-order valence-electron chi connectivity index (χ0n) is 9.77. The molecule has 0 aliphatic heterocycles. The molecule has 0 aliphatic carbocycles. The predicted octanol–water partition coefficient (Wildman–Crippen LogP) is 2.11. The van der Waals surface area contributed by atoms with Crippen LogP contribution >= 0.6 is 0 Å². The summed E-state index contributed by atoms with van der Waals surface area (Å²) in [4.78, 5) is 2.25. The molecule has 0 amide bonds. The molecule has 0 heterocycles. The Bertz CT molecular complexity index is 102. The summed E-state index contributed by atoms with van der Waals surface area (Å²) in [7, 11) is 6.35. The quantitative estimate of drug-likeness (QED) is 0.584. The minimum absolute atomic E-state index is 0.717. The van der Waals surface area contributed by atoms with Gasteiger partial charge in [-0.25, -0.2) is 0 Å². The van der Waals surface area contributed by atoms with Crippen LogP contribution in [-0.4, -0.2) is 38.6 Å². The lowest BCUT2D eigenvalue weighted by molar-refractivity contribution is 0.353. The van der Waals surface area contributed by atoms with Crippen LogP contribution in [0, 0.1) is 0 Å². The molecule has 2 nitrogen and oxygen atoms in total. The highest BCUT2D eigenvalue weighted by molar-refractivity contribution is 4.65. The van der Waals surface area contributed by atoms with Crippen LogP contribution in [0.3, 0.4) is 0 Å². The van der Waals surface area contributed by atoms with Crippen LogP contribution in [0.25, 0.3) is 0 Å². The molecule has 0 aromatic carbocycles. The molecule has 0 aromatic heterocycles. The van der Waals surface area contributed by atoms with Crippen LogP contribution in [0.2, 0.25) is 0 Å². The Morgan fingerprint density at radius 3 is 2.31 bits per heavy atom. The Morgan fingerprint density at radius 2 is 1.85 bits per heavy atom. The van der Waals surface area contributed by atoms with Crippen molar-refractivity contribution < 1.29 is 0 Å². The van der Waals surface area contributed by atoms with E-state index in [9.17, 15) is 0 Å². The lowest BCUT2D eigenvalue weighted by Crippen LogP contribution is -2.29. The summed E-state index contributed by atoms with van der Waals surface area (Å²) in [5.74, 6) is 0. The van der Waals surface area contributed by atoms with Crippen LogP contribution in [0.4, 0.5) is 0 Å². The van der Waals surface area contributed by atoms with Crippen molar-refractivity contribution >= 4 is 0 Å². The Balaban J connectivity index is 3.39. The summed E-state index contributed by atoms with van der Waals surface area (Å²) < 4.78 is 0. The fourth-order valence-electron chi connectivity index (χ4n) is 1.49. The maximum absolute atomic E-state index is 3.39. The van der Waals surface area contributed by atoms with Crippen molar-refractivity contribution in [2.24, 2.45) is 0 Å².